The highest BCUT2D eigenvalue weighted by atomic mass is 32.1. The number of hydrogen-bond acceptors (Lipinski definition) is 5. The summed E-state index contributed by atoms with van der Waals surface area (Å²) < 4.78 is 13.7. The first-order chi connectivity index (χ1) is 15.1. The molecule has 3 aromatic rings. The molecule has 31 heavy (non-hydrogen) atoms. The van der Waals surface area contributed by atoms with Gasteiger partial charge in [0.2, 0.25) is 0 Å². The monoisotopic (exact) mass is 440 g/mol. The second-order valence-corrected chi connectivity index (χ2v) is 8.04. The van der Waals surface area contributed by atoms with Crippen LogP contribution < -0.4 is 9.54 Å². The highest BCUT2D eigenvalue weighted by molar-refractivity contribution is 7.16. The van der Waals surface area contributed by atoms with Crippen LogP contribution in [0.1, 0.15) is 60.7 Å². The molecule has 0 unspecified atom stereocenters. The second-order valence-electron chi connectivity index (χ2n) is 7.03. The first kappa shape index (κ1) is 22.7. The molecule has 0 atom stereocenters. The minimum absolute atomic E-state index is 0.321. The molecular formula is C24H28N2O4S. The molecule has 0 fully saturated rings. The number of nitrogens with zero attached hydrogens (tertiary/aromatic N) is 2. The number of fused-ring (bicyclic) bond motifs is 1. The van der Waals surface area contributed by atoms with Crippen molar-refractivity contribution in [3.63, 3.8) is 0 Å². The summed E-state index contributed by atoms with van der Waals surface area (Å²) in [5.74, 6) is 0.000450. The Labute approximate surface area is 186 Å². The predicted octanol–water partition coefficient (Wildman–Crippen LogP) is 5.21. The van der Waals surface area contributed by atoms with Gasteiger partial charge in [0.15, 0.2) is 4.80 Å². The van der Waals surface area contributed by atoms with Crippen molar-refractivity contribution in [2.45, 2.75) is 46.6 Å². The SMILES string of the molecule is CCCCCOc1cccc(C(=O)N=c2sc3cc(C(=O)OCC)ccc3n2CC)c1. The molecule has 0 aliphatic heterocycles. The number of aryl methyl sites for hydroxylation is 1. The van der Waals surface area contributed by atoms with Gasteiger partial charge in [-0.2, -0.15) is 4.99 Å². The number of aromatic nitrogens is 1. The van der Waals surface area contributed by atoms with Crippen LogP contribution in [0.3, 0.4) is 0 Å². The molecular weight excluding hydrogens is 412 g/mol. The van der Waals surface area contributed by atoms with E-state index in [-0.39, 0.29) is 11.9 Å². The van der Waals surface area contributed by atoms with Crippen molar-refractivity contribution < 1.29 is 19.1 Å². The van der Waals surface area contributed by atoms with Gasteiger partial charge in [-0.05, 0) is 56.7 Å². The third-order valence-electron chi connectivity index (χ3n) is 4.80. The number of benzene rings is 2. The van der Waals surface area contributed by atoms with Crippen molar-refractivity contribution in [3.05, 3.63) is 58.4 Å². The van der Waals surface area contributed by atoms with Gasteiger partial charge in [-0.1, -0.05) is 37.2 Å². The zero-order valence-electron chi connectivity index (χ0n) is 18.2. The van der Waals surface area contributed by atoms with Crippen LogP contribution in [0.4, 0.5) is 0 Å². The minimum Gasteiger partial charge on any atom is -0.494 e. The molecule has 164 valence electrons. The van der Waals surface area contributed by atoms with Gasteiger partial charge in [0.05, 0.1) is 29.0 Å². The number of rotatable bonds is 9. The van der Waals surface area contributed by atoms with Gasteiger partial charge in [0, 0.05) is 12.1 Å². The smallest absolute Gasteiger partial charge is 0.338 e. The van der Waals surface area contributed by atoms with E-state index in [1.165, 1.54) is 11.3 Å². The van der Waals surface area contributed by atoms with Crippen LogP contribution in [0.2, 0.25) is 0 Å². The number of esters is 1. The Morgan fingerprint density at radius 1 is 1.03 bits per heavy atom. The minimum atomic E-state index is -0.355. The van der Waals surface area contributed by atoms with Crippen molar-refractivity contribution in [1.29, 1.82) is 0 Å². The second kappa shape index (κ2) is 10.9. The molecule has 1 aromatic heterocycles. The van der Waals surface area contributed by atoms with E-state index in [1.54, 1.807) is 31.2 Å². The fourth-order valence-corrected chi connectivity index (χ4v) is 4.35. The van der Waals surface area contributed by atoms with E-state index in [2.05, 4.69) is 11.9 Å². The van der Waals surface area contributed by atoms with Gasteiger partial charge < -0.3 is 14.0 Å². The number of carbonyl (C=O) groups excluding carboxylic acids is 2. The molecule has 1 heterocycles. The third kappa shape index (κ3) is 5.61. The quantitative estimate of drug-likeness (QED) is 0.338. The Balaban J connectivity index is 1.89. The summed E-state index contributed by atoms with van der Waals surface area (Å²) in [6.45, 7) is 7.55. The molecule has 0 saturated carbocycles. The normalized spacial score (nSPS) is 11.6. The van der Waals surface area contributed by atoms with Gasteiger partial charge in [0.1, 0.15) is 5.75 Å². The zero-order valence-corrected chi connectivity index (χ0v) is 19.0. The molecule has 0 saturated heterocycles. The summed E-state index contributed by atoms with van der Waals surface area (Å²) in [5, 5.41) is 0. The molecule has 0 aliphatic carbocycles. The number of hydrogen-bond donors (Lipinski definition) is 0. The van der Waals surface area contributed by atoms with Crippen LogP contribution in [-0.2, 0) is 11.3 Å². The summed E-state index contributed by atoms with van der Waals surface area (Å²) in [6.07, 6.45) is 3.24. The zero-order chi connectivity index (χ0) is 22.2. The van der Waals surface area contributed by atoms with Crippen molar-refractivity contribution in [2.75, 3.05) is 13.2 Å². The summed E-state index contributed by atoms with van der Waals surface area (Å²) in [7, 11) is 0. The third-order valence-corrected chi connectivity index (χ3v) is 5.85. The Bertz CT molecular complexity index is 1130. The van der Waals surface area contributed by atoms with Crippen LogP contribution in [0.5, 0.6) is 5.75 Å². The lowest BCUT2D eigenvalue weighted by Gasteiger charge is -2.06. The Kier molecular flexibility index (Phi) is 8.00. The molecule has 3 rings (SSSR count). The van der Waals surface area contributed by atoms with Crippen LogP contribution in [0, 0.1) is 0 Å². The average molecular weight is 441 g/mol. The van der Waals surface area contributed by atoms with Crippen LogP contribution >= 0.6 is 11.3 Å². The number of unbranched alkanes of at least 4 members (excludes halogenated alkanes) is 2. The molecule has 0 radical (unpaired) electrons. The maximum Gasteiger partial charge on any atom is 0.338 e. The lowest BCUT2D eigenvalue weighted by atomic mass is 10.2. The average Bonchev–Trinajstić information content (AvgIpc) is 3.13. The summed E-state index contributed by atoms with van der Waals surface area (Å²) in [5.41, 5.74) is 1.91. The molecule has 0 N–H and O–H groups in total. The van der Waals surface area contributed by atoms with E-state index in [1.807, 2.05) is 29.7 Å². The fourth-order valence-electron chi connectivity index (χ4n) is 3.22. The number of amides is 1. The van der Waals surface area contributed by atoms with E-state index in [0.29, 0.717) is 41.4 Å². The number of thiazole rings is 1. The number of ether oxygens (including phenoxy) is 2. The first-order valence-electron chi connectivity index (χ1n) is 10.7. The van der Waals surface area contributed by atoms with Gasteiger partial charge in [-0.15, -0.1) is 0 Å². The van der Waals surface area contributed by atoms with E-state index in [0.717, 1.165) is 29.5 Å². The van der Waals surface area contributed by atoms with Gasteiger partial charge in [-0.25, -0.2) is 4.79 Å². The van der Waals surface area contributed by atoms with Crippen molar-refractivity contribution in [2.24, 2.45) is 4.99 Å². The van der Waals surface area contributed by atoms with Gasteiger partial charge >= 0.3 is 5.97 Å². The van der Waals surface area contributed by atoms with Crippen molar-refractivity contribution in [1.82, 2.24) is 4.57 Å². The lowest BCUT2D eigenvalue weighted by Crippen LogP contribution is -2.16. The van der Waals surface area contributed by atoms with Crippen LogP contribution in [-0.4, -0.2) is 29.7 Å². The molecule has 1 amide bonds. The highest BCUT2D eigenvalue weighted by Gasteiger charge is 2.12. The van der Waals surface area contributed by atoms with Gasteiger partial charge in [-0.3, -0.25) is 4.79 Å². The summed E-state index contributed by atoms with van der Waals surface area (Å²) in [4.78, 5) is 29.9. The van der Waals surface area contributed by atoms with E-state index in [9.17, 15) is 9.59 Å². The van der Waals surface area contributed by atoms with Crippen molar-refractivity contribution in [3.8, 4) is 5.75 Å². The summed E-state index contributed by atoms with van der Waals surface area (Å²) >= 11 is 1.38. The Morgan fingerprint density at radius 3 is 2.61 bits per heavy atom. The highest BCUT2D eigenvalue weighted by Crippen LogP contribution is 2.20. The van der Waals surface area contributed by atoms with E-state index >= 15 is 0 Å². The molecule has 7 heteroatoms. The molecule has 6 nitrogen and oxygen atoms in total. The predicted molar refractivity (Wildman–Crippen MR) is 123 cm³/mol. The molecule has 0 aliphatic rings. The first-order valence-corrected chi connectivity index (χ1v) is 11.5. The standard InChI is InChI=1S/C24H28N2O4S/c1-4-7-8-14-30-19-11-9-10-17(15-19)22(27)25-24-26(5-2)20-13-12-18(16-21(20)31-24)23(28)29-6-3/h9-13,15-16H,4-8,14H2,1-3H3. The number of carbonyl (C=O) groups is 2. The van der Waals surface area contributed by atoms with Crippen LogP contribution in [0.15, 0.2) is 47.5 Å². The Morgan fingerprint density at radius 2 is 1.87 bits per heavy atom. The van der Waals surface area contributed by atoms with Gasteiger partial charge in [0.25, 0.3) is 5.91 Å². The van der Waals surface area contributed by atoms with E-state index < -0.39 is 0 Å². The maximum atomic E-state index is 12.8. The van der Waals surface area contributed by atoms with Crippen molar-refractivity contribution >= 4 is 33.4 Å². The largest absolute Gasteiger partial charge is 0.494 e. The van der Waals surface area contributed by atoms with E-state index in [4.69, 9.17) is 9.47 Å². The maximum absolute atomic E-state index is 12.8. The summed E-state index contributed by atoms with van der Waals surface area (Å²) in [6, 6.07) is 12.5. The molecule has 2 aromatic carbocycles. The van der Waals surface area contributed by atoms with Crippen LogP contribution in [0.25, 0.3) is 10.2 Å². The molecule has 0 bridgehead atoms. The fraction of sp³-hybridized carbons (Fsp3) is 0.375. The topological polar surface area (TPSA) is 69.9 Å². The Hall–Kier alpha value is -2.93. The lowest BCUT2D eigenvalue weighted by molar-refractivity contribution is 0.0526. The molecule has 0 spiro atoms.